The summed E-state index contributed by atoms with van der Waals surface area (Å²) in [5, 5.41) is 0. The van der Waals surface area contributed by atoms with E-state index in [0.29, 0.717) is 5.82 Å². The molecule has 262 valence electrons. The molecule has 1 spiro atoms. The van der Waals surface area contributed by atoms with Crippen molar-refractivity contribution in [2.75, 3.05) is 0 Å². The van der Waals surface area contributed by atoms with Crippen molar-refractivity contribution in [2.45, 2.75) is 5.41 Å². The van der Waals surface area contributed by atoms with E-state index in [9.17, 15) is 0 Å². The van der Waals surface area contributed by atoms with Gasteiger partial charge in [-0.15, -0.1) is 0 Å². The molecule has 9 aromatic rings. The maximum atomic E-state index is 6.87. The van der Waals surface area contributed by atoms with Crippen LogP contribution in [0, 0.1) is 0 Å². The molecular formula is C53H34N2O. The first-order valence-electron chi connectivity index (χ1n) is 19.1. The predicted octanol–water partition coefficient (Wildman–Crippen LogP) is 13.3. The third-order valence-electron chi connectivity index (χ3n) is 11.4. The van der Waals surface area contributed by atoms with Gasteiger partial charge in [0.1, 0.15) is 11.5 Å². The molecule has 2 aliphatic rings. The highest BCUT2D eigenvalue weighted by Gasteiger charge is 2.50. The van der Waals surface area contributed by atoms with Crippen LogP contribution in [0.4, 0.5) is 0 Å². The van der Waals surface area contributed by atoms with Crippen molar-refractivity contribution in [3.05, 3.63) is 229 Å². The van der Waals surface area contributed by atoms with Crippen molar-refractivity contribution in [3.63, 3.8) is 0 Å². The number of ether oxygens (including phenoxy) is 1. The summed E-state index contributed by atoms with van der Waals surface area (Å²) in [7, 11) is 0. The van der Waals surface area contributed by atoms with Crippen molar-refractivity contribution >= 4 is 0 Å². The normalized spacial score (nSPS) is 12.9. The third kappa shape index (κ3) is 5.05. The number of hydrogen-bond donors (Lipinski definition) is 0. The molecule has 11 rings (SSSR count). The molecular weight excluding hydrogens is 681 g/mol. The summed E-state index contributed by atoms with van der Waals surface area (Å²) in [6.07, 6.45) is 0. The van der Waals surface area contributed by atoms with Gasteiger partial charge < -0.3 is 4.74 Å². The van der Waals surface area contributed by atoms with Gasteiger partial charge in [-0.05, 0) is 74.8 Å². The van der Waals surface area contributed by atoms with Gasteiger partial charge in [-0.25, -0.2) is 9.97 Å². The molecule has 0 amide bonds. The van der Waals surface area contributed by atoms with Crippen LogP contribution < -0.4 is 4.74 Å². The second kappa shape index (κ2) is 12.9. The lowest BCUT2D eigenvalue weighted by Gasteiger charge is -2.39. The fourth-order valence-corrected chi connectivity index (χ4v) is 8.85. The first-order chi connectivity index (χ1) is 27.7. The lowest BCUT2D eigenvalue weighted by molar-refractivity contribution is 0.436. The van der Waals surface area contributed by atoms with Crippen molar-refractivity contribution < 1.29 is 4.74 Å². The molecule has 2 heterocycles. The Labute approximate surface area is 326 Å². The highest BCUT2D eigenvalue weighted by molar-refractivity contribution is 5.89. The van der Waals surface area contributed by atoms with Gasteiger partial charge in [0, 0.05) is 27.8 Å². The van der Waals surface area contributed by atoms with E-state index in [0.717, 1.165) is 73.0 Å². The largest absolute Gasteiger partial charge is 0.457 e. The Morgan fingerprint density at radius 3 is 1.41 bits per heavy atom. The Kier molecular flexibility index (Phi) is 7.39. The van der Waals surface area contributed by atoms with Gasteiger partial charge in [0.15, 0.2) is 5.82 Å². The van der Waals surface area contributed by atoms with Crippen LogP contribution in [0.25, 0.3) is 67.3 Å². The summed E-state index contributed by atoms with van der Waals surface area (Å²) in [5.74, 6) is 2.36. The minimum atomic E-state index is -0.520. The van der Waals surface area contributed by atoms with Gasteiger partial charge in [0.2, 0.25) is 0 Å². The van der Waals surface area contributed by atoms with E-state index in [2.05, 4.69) is 194 Å². The van der Waals surface area contributed by atoms with Crippen LogP contribution in [0.3, 0.4) is 0 Å². The number of nitrogens with zero attached hydrogens (tertiary/aromatic N) is 2. The standard InChI is InChI=1S/C53H34N2O/c1-3-15-35(16-4-1)37-19-13-21-39(31-37)48-34-49(55-52(54-48)41-22-14-20-38(32-41)36-17-5-2-6-18-36)40-29-30-47-51(33-40)56-50-28-12-11-27-46(50)53(47)44-25-9-7-23-42(44)43-24-8-10-26-45(43)53/h1-34H. The second-order valence-corrected chi connectivity index (χ2v) is 14.5. The SMILES string of the molecule is c1ccc(-c2cccc(-c3cc(-c4ccc5c(c4)Oc4ccccc4C54c5ccccc5-c5ccccc54)nc(-c4cccc(-c5ccccc5)c4)n3)c2)cc1. The quantitative estimate of drug-likeness (QED) is 0.178. The summed E-state index contributed by atoms with van der Waals surface area (Å²) < 4.78 is 6.87. The topological polar surface area (TPSA) is 35.0 Å². The predicted molar refractivity (Wildman–Crippen MR) is 227 cm³/mol. The van der Waals surface area contributed by atoms with E-state index in [1.165, 1.54) is 22.3 Å². The van der Waals surface area contributed by atoms with Gasteiger partial charge >= 0.3 is 0 Å². The number of fused-ring (bicyclic) bond motifs is 9. The minimum Gasteiger partial charge on any atom is -0.457 e. The molecule has 56 heavy (non-hydrogen) atoms. The maximum Gasteiger partial charge on any atom is 0.160 e. The molecule has 1 aliphatic heterocycles. The Morgan fingerprint density at radius 1 is 0.304 bits per heavy atom. The van der Waals surface area contributed by atoms with E-state index in [1.807, 2.05) is 12.1 Å². The summed E-state index contributed by atoms with van der Waals surface area (Å²) in [4.78, 5) is 10.6. The molecule has 3 nitrogen and oxygen atoms in total. The van der Waals surface area contributed by atoms with Gasteiger partial charge in [-0.3, -0.25) is 0 Å². The molecule has 0 radical (unpaired) electrons. The zero-order chi connectivity index (χ0) is 37.1. The first-order valence-corrected chi connectivity index (χ1v) is 19.1. The van der Waals surface area contributed by atoms with Crippen molar-refractivity contribution in [1.29, 1.82) is 0 Å². The molecule has 1 aromatic heterocycles. The minimum absolute atomic E-state index is 0.520. The molecule has 0 saturated carbocycles. The fraction of sp³-hybridized carbons (Fsp3) is 0.0189. The maximum absolute atomic E-state index is 6.87. The smallest absolute Gasteiger partial charge is 0.160 e. The number of para-hydroxylation sites is 1. The lowest BCUT2D eigenvalue weighted by Crippen LogP contribution is -2.32. The number of aromatic nitrogens is 2. The molecule has 8 aromatic carbocycles. The molecule has 0 atom stereocenters. The Bertz CT molecular complexity index is 2800. The van der Waals surface area contributed by atoms with Crippen LogP contribution in [-0.2, 0) is 5.41 Å². The van der Waals surface area contributed by atoms with Crippen LogP contribution in [0.1, 0.15) is 22.3 Å². The zero-order valence-electron chi connectivity index (χ0n) is 30.4. The van der Waals surface area contributed by atoms with E-state index in [4.69, 9.17) is 14.7 Å². The Balaban J connectivity index is 1.11. The van der Waals surface area contributed by atoms with Gasteiger partial charge in [-0.1, -0.05) is 176 Å². The number of hydrogen-bond acceptors (Lipinski definition) is 3. The van der Waals surface area contributed by atoms with Crippen LogP contribution >= 0.6 is 0 Å². The molecule has 0 fully saturated rings. The van der Waals surface area contributed by atoms with Crippen LogP contribution in [0.2, 0.25) is 0 Å². The van der Waals surface area contributed by atoms with Crippen molar-refractivity contribution in [2.24, 2.45) is 0 Å². The lowest BCUT2D eigenvalue weighted by atomic mass is 9.66. The highest BCUT2D eigenvalue weighted by atomic mass is 16.5. The third-order valence-corrected chi connectivity index (χ3v) is 11.4. The van der Waals surface area contributed by atoms with Crippen LogP contribution in [0.5, 0.6) is 11.5 Å². The van der Waals surface area contributed by atoms with Gasteiger partial charge in [0.25, 0.3) is 0 Å². The Morgan fingerprint density at radius 2 is 0.768 bits per heavy atom. The summed E-state index contributed by atoms with van der Waals surface area (Å²) in [6, 6.07) is 73.0. The van der Waals surface area contributed by atoms with Crippen molar-refractivity contribution in [1.82, 2.24) is 9.97 Å². The van der Waals surface area contributed by atoms with Gasteiger partial charge in [-0.2, -0.15) is 0 Å². The number of benzene rings is 8. The van der Waals surface area contributed by atoms with Crippen LogP contribution in [-0.4, -0.2) is 9.97 Å². The second-order valence-electron chi connectivity index (χ2n) is 14.5. The average Bonchev–Trinajstić information content (AvgIpc) is 3.57. The number of rotatable bonds is 5. The first kappa shape index (κ1) is 32.1. The summed E-state index contributed by atoms with van der Waals surface area (Å²) >= 11 is 0. The van der Waals surface area contributed by atoms with E-state index in [-0.39, 0.29) is 0 Å². The Hall–Kier alpha value is -7.36. The van der Waals surface area contributed by atoms with Gasteiger partial charge in [0.05, 0.1) is 16.8 Å². The molecule has 0 N–H and O–H groups in total. The molecule has 3 heteroatoms. The van der Waals surface area contributed by atoms with E-state index in [1.54, 1.807) is 0 Å². The average molecular weight is 715 g/mol. The van der Waals surface area contributed by atoms with Crippen LogP contribution in [0.15, 0.2) is 206 Å². The monoisotopic (exact) mass is 714 g/mol. The molecule has 0 unspecified atom stereocenters. The van der Waals surface area contributed by atoms with E-state index >= 15 is 0 Å². The fourth-order valence-electron chi connectivity index (χ4n) is 8.85. The zero-order valence-corrected chi connectivity index (χ0v) is 30.4. The molecule has 0 bridgehead atoms. The van der Waals surface area contributed by atoms with E-state index < -0.39 is 5.41 Å². The van der Waals surface area contributed by atoms with Crippen molar-refractivity contribution in [3.8, 4) is 78.8 Å². The molecule has 0 saturated heterocycles. The molecule has 1 aliphatic carbocycles. The summed E-state index contributed by atoms with van der Waals surface area (Å²) in [6.45, 7) is 0. The highest BCUT2D eigenvalue weighted by Crippen LogP contribution is 2.62. The summed E-state index contributed by atoms with van der Waals surface area (Å²) in [5.41, 5.74) is 16.0.